The number of benzene rings is 1. The fraction of sp³-hybridized carbons (Fsp3) is 0.125. The van der Waals surface area contributed by atoms with Crippen molar-refractivity contribution in [3.8, 4) is 0 Å². The predicted octanol–water partition coefficient (Wildman–Crippen LogP) is 3.75. The Labute approximate surface area is 99.6 Å². The lowest BCUT2D eigenvalue weighted by atomic mass is 10.1. The highest BCUT2D eigenvalue weighted by atomic mass is 35.5. The van der Waals surface area contributed by atoms with Crippen molar-refractivity contribution in [2.75, 3.05) is 0 Å². The van der Waals surface area contributed by atoms with Gasteiger partial charge in [-0.25, -0.2) is 4.79 Å². The molecule has 0 spiro atoms. The number of halogens is 4. The zero-order valence-electron chi connectivity index (χ0n) is 6.48. The van der Waals surface area contributed by atoms with Crippen molar-refractivity contribution >= 4 is 52.4 Å². The summed E-state index contributed by atoms with van der Waals surface area (Å²) in [5.74, 6) is -0.608. The Morgan fingerprint density at radius 1 is 1.21 bits per heavy atom. The maximum atomic E-state index is 11.3. The molecule has 2 nitrogen and oxygen atoms in total. The zero-order valence-corrected chi connectivity index (χ0v) is 9.51. The van der Waals surface area contributed by atoms with Crippen LogP contribution in [0.2, 0.25) is 10.0 Å². The summed E-state index contributed by atoms with van der Waals surface area (Å²) in [5.41, 5.74) is 0.449. The van der Waals surface area contributed by atoms with Gasteiger partial charge in [0.1, 0.15) is 0 Å². The summed E-state index contributed by atoms with van der Waals surface area (Å²) in [4.78, 5) is 11.3. The van der Waals surface area contributed by atoms with Gasteiger partial charge in [0.15, 0.2) is 0 Å². The minimum absolute atomic E-state index is 0.139. The predicted molar refractivity (Wildman–Crippen MR) is 55.3 cm³/mol. The Kier molecular flexibility index (Phi) is 2.35. The molecule has 1 aromatic carbocycles. The number of hydrogen-bond donors (Lipinski definition) is 0. The Morgan fingerprint density at radius 3 is 2.50 bits per heavy atom. The second-order valence-corrected chi connectivity index (χ2v) is 4.73. The molecule has 0 saturated heterocycles. The first-order chi connectivity index (χ1) is 6.43. The maximum absolute atomic E-state index is 11.3. The molecule has 0 N–H and O–H groups in total. The second kappa shape index (κ2) is 3.17. The van der Waals surface area contributed by atoms with Gasteiger partial charge in [0, 0.05) is 0 Å². The van der Waals surface area contributed by atoms with E-state index in [1.54, 1.807) is 0 Å². The molecule has 1 aromatic rings. The highest BCUT2D eigenvalue weighted by molar-refractivity contribution is 6.51. The molecule has 0 fully saturated rings. The zero-order chi connectivity index (χ0) is 10.5. The Hall–Kier alpha value is -0.150. The van der Waals surface area contributed by atoms with E-state index in [9.17, 15) is 4.79 Å². The van der Waals surface area contributed by atoms with Gasteiger partial charge in [0.2, 0.25) is 0 Å². The van der Waals surface area contributed by atoms with Crippen molar-refractivity contribution in [2.24, 2.45) is 0 Å². The van der Waals surface area contributed by atoms with Crippen LogP contribution in [-0.2, 0) is 9.26 Å². The third-order valence-corrected chi connectivity index (χ3v) is 3.16. The fourth-order valence-electron chi connectivity index (χ4n) is 1.23. The molecular formula is C8H2Cl4O2. The number of hydrogen-bond acceptors (Lipinski definition) is 2. The van der Waals surface area contributed by atoms with Crippen molar-refractivity contribution < 1.29 is 9.53 Å². The number of carbonyl (C=O) groups is 1. The second-order valence-electron chi connectivity index (χ2n) is 2.69. The molecular weight excluding hydrogens is 270 g/mol. The summed E-state index contributed by atoms with van der Waals surface area (Å²) in [6.07, 6.45) is 0. The van der Waals surface area contributed by atoms with Gasteiger partial charge in [-0.3, -0.25) is 0 Å². The lowest BCUT2D eigenvalue weighted by Gasteiger charge is -2.13. The number of cyclic esters (lactones) is 1. The van der Waals surface area contributed by atoms with Gasteiger partial charge in [-0.15, -0.1) is 0 Å². The van der Waals surface area contributed by atoms with Gasteiger partial charge in [-0.2, -0.15) is 0 Å². The van der Waals surface area contributed by atoms with E-state index in [1.165, 1.54) is 12.1 Å². The molecule has 1 aliphatic heterocycles. The molecule has 6 heteroatoms. The largest absolute Gasteiger partial charge is 0.421 e. The highest BCUT2D eigenvalue weighted by Gasteiger charge is 2.45. The number of carbonyl (C=O) groups excluding carboxylic acids is 1. The number of ether oxygens (including phenoxy) is 1. The summed E-state index contributed by atoms with van der Waals surface area (Å²) in [6, 6.07) is 2.96. The van der Waals surface area contributed by atoms with Gasteiger partial charge >= 0.3 is 5.97 Å². The average Bonchev–Trinajstić information content (AvgIpc) is 2.29. The van der Waals surface area contributed by atoms with Crippen LogP contribution < -0.4 is 0 Å². The van der Waals surface area contributed by atoms with Crippen LogP contribution in [0.25, 0.3) is 0 Å². The smallest absolute Gasteiger partial charge is 0.341 e. The van der Waals surface area contributed by atoms with Crippen LogP contribution in [0.4, 0.5) is 0 Å². The topological polar surface area (TPSA) is 26.3 Å². The van der Waals surface area contributed by atoms with E-state index < -0.39 is 10.5 Å². The van der Waals surface area contributed by atoms with E-state index in [0.717, 1.165) is 0 Å². The number of alkyl halides is 2. The van der Waals surface area contributed by atoms with Gasteiger partial charge < -0.3 is 4.74 Å². The quantitative estimate of drug-likeness (QED) is 0.531. The summed E-state index contributed by atoms with van der Waals surface area (Å²) in [6.45, 7) is 0. The van der Waals surface area contributed by atoms with Crippen molar-refractivity contribution in [1.82, 2.24) is 0 Å². The number of fused-ring (bicyclic) bond motifs is 1. The first-order valence-corrected chi connectivity index (χ1v) is 5.04. The highest BCUT2D eigenvalue weighted by Crippen LogP contribution is 2.48. The van der Waals surface area contributed by atoms with Gasteiger partial charge in [0.05, 0.1) is 21.2 Å². The fourth-order valence-corrected chi connectivity index (χ4v) is 2.31. The Morgan fingerprint density at radius 2 is 1.86 bits per heavy atom. The van der Waals surface area contributed by atoms with E-state index in [1.807, 2.05) is 0 Å². The van der Waals surface area contributed by atoms with E-state index in [4.69, 9.17) is 51.1 Å². The Balaban J connectivity index is 2.77. The normalized spacial score (nSPS) is 17.9. The molecule has 2 rings (SSSR count). The molecule has 1 aliphatic rings. The standard InChI is InChI=1S/C8H2Cl4O2/c9-4-2-1-3-5(6(4)10)8(11,12)14-7(3)13/h1-2H. The van der Waals surface area contributed by atoms with E-state index in [2.05, 4.69) is 0 Å². The van der Waals surface area contributed by atoms with Crippen LogP contribution in [0.5, 0.6) is 0 Å². The van der Waals surface area contributed by atoms with Gasteiger partial charge in [-0.05, 0) is 12.1 Å². The first-order valence-electron chi connectivity index (χ1n) is 3.53. The van der Waals surface area contributed by atoms with Gasteiger partial charge in [0.25, 0.3) is 4.52 Å². The molecule has 0 aromatic heterocycles. The monoisotopic (exact) mass is 270 g/mol. The van der Waals surface area contributed by atoms with E-state index >= 15 is 0 Å². The van der Waals surface area contributed by atoms with E-state index in [-0.39, 0.29) is 21.2 Å². The van der Waals surface area contributed by atoms with Crippen molar-refractivity contribution in [2.45, 2.75) is 4.52 Å². The first kappa shape index (κ1) is 10.4. The molecule has 74 valence electrons. The lowest BCUT2D eigenvalue weighted by molar-refractivity contribution is 0.0448. The number of esters is 1. The average molecular weight is 272 g/mol. The minimum atomic E-state index is -1.74. The summed E-state index contributed by atoms with van der Waals surface area (Å²) < 4.78 is 2.96. The van der Waals surface area contributed by atoms with Crippen LogP contribution >= 0.6 is 46.4 Å². The molecule has 0 radical (unpaired) electrons. The van der Waals surface area contributed by atoms with Crippen LogP contribution in [0, 0.1) is 0 Å². The maximum Gasteiger partial charge on any atom is 0.341 e. The van der Waals surface area contributed by atoms with Crippen LogP contribution in [0.15, 0.2) is 12.1 Å². The Bertz CT molecular complexity index is 428. The summed E-state index contributed by atoms with van der Waals surface area (Å²) in [7, 11) is 0. The van der Waals surface area contributed by atoms with Crippen molar-refractivity contribution in [3.63, 3.8) is 0 Å². The molecule has 0 amide bonds. The van der Waals surface area contributed by atoms with Crippen LogP contribution in [-0.4, -0.2) is 5.97 Å². The third-order valence-electron chi connectivity index (χ3n) is 1.83. The molecule has 0 bridgehead atoms. The van der Waals surface area contributed by atoms with Crippen LogP contribution in [0.3, 0.4) is 0 Å². The molecule has 14 heavy (non-hydrogen) atoms. The summed E-state index contributed by atoms with van der Waals surface area (Å²) in [5, 5.41) is 0.411. The molecule has 0 atom stereocenters. The molecule has 0 aliphatic carbocycles. The van der Waals surface area contributed by atoms with Gasteiger partial charge in [-0.1, -0.05) is 46.4 Å². The SMILES string of the molecule is O=C1OC(Cl)(Cl)c2c1ccc(Cl)c2Cl. The third kappa shape index (κ3) is 1.38. The molecule has 0 unspecified atom stereocenters. The minimum Gasteiger partial charge on any atom is -0.421 e. The molecule has 0 saturated carbocycles. The van der Waals surface area contributed by atoms with Crippen molar-refractivity contribution in [3.05, 3.63) is 33.3 Å². The van der Waals surface area contributed by atoms with Crippen molar-refractivity contribution in [1.29, 1.82) is 0 Å². The van der Waals surface area contributed by atoms with E-state index in [0.29, 0.717) is 0 Å². The lowest BCUT2D eigenvalue weighted by Crippen LogP contribution is -2.09. The van der Waals surface area contributed by atoms with Crippen LogP contribution in [0.1, 0.15) is 15.9 Å². The summed E-state index contributed by atoms with van der Waals surface area (Å²) >= 11 is 23.1. The molecule has 1 heterocycles. The number of rotatable bonds is 0.